The Morgan fingerprint density at radius 3 is 2.65 bits per heavy atom. The number of carbonyl (C=O) groups is 1. The molecule has 0 aliphatic heterocycles. The Bertz CT molecular complexity index is 689. The van der Waals surface area contributed by atoms with Crippen LogP contribution in [0.1, 0.15) is 34.5 Å². The summed E-state index contributed by atoms with van der Waals surface area (Å²) in [5, 5.41) is 2.75. The number of aryl methyl sites for hydroxylation is 1. The van der Waals surface area contributed by atoms with Crippen molar-refractivity contribution < 1.29 is 4.79 Å². The molecule has 1 aromatic heterocycles. The topological polar surface area (TPSA) is 62.0 Å². The first-order valence-corrected chi connectivity index (χ1v) is 6.85. The van der Waals surface area contributed by atoms with Gasteiger partial charge in [-0.25, -0.2) is 0 Å². The van der Waals surface area contributed by atoms with Gasteiger partial charge < -0.3 is 10.3 Å². The second-order valence-corrected chi connectivity index (χ2v) is 5.02. The molecule has 1 heterocycles. The molecular weight excluding hydrogens is 252 g/mol. The zero-order valence-electron chi connectivity index (χ0n) is 11.1. The van der Waals surface area contributed by atoms with Crippen molar-refractivity contribution in [3.05, 3.63) is 63.6 Å². The van der Waals surface area contributed by atoms with Crippen LogP contribution in [0.25, 0.3) is 0 Å². The van der Waals surface area contributed by atoms with E-state index in [0.29, 0.717) is 5.69 Å². The Kier molecular flexibility index (Phi) is 3.37. The molecule has 0 unspecified atom stereocenters. The molecule has 0 saturated carbocycles. The van der Waals surface area contributed by atoms with Gasteiger partial charge in [-0.2, -0.15) is 0 Å². The largest absolute Gasteiger partial charge is 0.364 e. The van der Waals surface area contributed by atoms with E-state index < -0.39 is 0 Å². The SMILES string of the molecule is O=C(Nc1ccccc1)c1c[nH]c2c(c1=O)CCCC2. The Hall–Kier alpha value is -2.36. The molecule has 0 spiro atoms. The van der Waals surface area contributed by atoms with Crippen LogP contribution in [0.3, 0.4) is 0 Å². The molecule has 1 aliphatic rings. The fourth-order valence-corrected chi connectivity index (χ4v) is 2.59. The van der Waals surface area contributed by atoms with Crippen LogP contribution in [-0.4, -0.2) is 10.9 Å². The van der Waals surface area contributed by atoms with Crippen LogP contribution in [0.15, 0.2) is 41.3 Å². The molecule has 2 aromatic rings. The minimum Gasteiger partial charge on any atom is -0.364 e. The van der Waals surface area contributed by atoms with Gasteiger partial charge in [-0.05, 0) is 37.8 Å². The van der Waals surface area contributed by atoms with E-state index in [2.05, 4.69) is 10.3 Å². The maximum atomic E-state index is 12.4. The summed E-state index contributed by atoms with van der Waals surface area (Å²) in [7, 11) is 0. The van der Waals surface area contributed by atoms with E-state index in [9.17, 15) is 9.59 Å². The first-order valence-electron chi connectivity index (χ1n) is 6.85. The lowest BCUT2D eigenvalue weighted by atomic mass is 9.94. The van der Waals surface area contributed by atoms with Crippen molar-refractivity contribution in [3.8, 4) is 0 Å². The molecule has 102 valence electrons. The predicted octanol–water partition coefficient (Wildman–Crippen LogP) is 2.51. The molecule has 4 nitrogen and oxygen atoms in total. The van der Waals surface area contributed by atoms with E-state index in [1.165, 1.54) is 6.20 Å². The second kappa shape index (κ2) is 5.33. The summed E-state index contributed by atoms with van der Waals surface area (Å²) in [6.45, 7) is 0. The van der Waals surface area contributed by atoms with E-state index in [4.69, 9.17) is 0 Å². The number of hydrogen-bond acceptors (Lipinski definition) is 2. The number of para-hydroxylation sites is 1. The minimum absolute atomic E-state index is 0.133. The third-order valence-electron chi connectivity index (χ3n) is 3.65. The Labute approximate surface area is 116 Å². The van der Waals surface area contributed by atoms with Gasteiger partial charge in [0.05, 0.1) is 0 Å². The summed E-state index contributed by atoms with van der Waals surface area (Å²) in [5.74, 6) is -0.356. The van der Waals surface area contributed by atoms with Gasteiger partial charge in [0.2, 0.25) is 0 Å². The summed E-state index contributed by atoms with van der Waals surface area (Å²) in [5.41, 5.74) is 2.51. The van der Waals surface area contributed by atoms with Crippen LogP contribution in [0.5, 0.6) is 0 Å². The average molecular weight is 268 g/mol. The summed E-state index contributed by atoms with van der Waals surface area (Å²) < 4.78 is 0. The number of aromatic nitrogens is 1. The number of aromatic amines is 1. The molecule has 0 fully saturated rings. The third kappa shape index (κ3) is 2.37. The van der Waals surface area contributed by atoms with Gasteiger partial charge in [-0.1, -0.05) is 18.2 Å². The Balaban J connectivity index is 1.91. The fraction of sp³-hybridized carbons (Fsp3) is 0.250. The maximum Gasteiger partial charge on any atom is 0.261 e. The van der Waals surface area contributed by atoms with Gasteiger partial charge in [0.25, 0.3) is 5.91 Å². The van der Waals surface area contributed by atoms with Crippen molar-refractivity contribution in [1.82, 2.24) is 4.98 Å². The molecule has 1 amide bonds. The smallest absolute Gasteiger partial charge is 0.261 e. The molecular formula is C16H16N2O2. The number of H-pyrrole nitrogens is 1. The van der Waals surface area contributed by atoms with Gasteiger partial charge in [0.15, 0.2) is 5.43 Å². The molecule has 2 N–H and O–H groups in total. The number of fused-ring (bicyclic) bond motifs is 1. The number of rotatable bonds is 2. The van der Waals surface area contributed by atoms with Crippen molar-refractivity contribution >= 4 is 11.6 Å². The highest BCUT2D eigenvalue weighted by atomic mass is 16.2. The normalized spacial score (nSPS) is 13.6. The Morgan fingerprint density at radius 2 is 1.85 bits per heavy atom. The first-order chi connectivity index (χ1) is 9.75. The lowest BCUT2D eigenvalue weighted by Crippen LogP contribution is -2.27. The number of nitrogens with one attached hydrogen (secondary N) is 2. The molecule has 0 atom stereocenters. The second-order valence-electron chi connectivity index (χ2n) is 5.02. The van der Waals surface area contributed by atoms with Crippen LogP contribution >= 0.6 is 0 Å². The van der Waals surface area contributed by atoms with Gasteiger partial charge >= 0.3 is 0 Å². The summed E-state index contributed by atoms with van der Waals surface area (Å²) in [6.07, 6.45) is 5.30. The van der Waals surface area contributed by atoms with Crippen LogP contribution in [-0.2, 0) is 12.8 Å². The maximum absolute atomic E-state index is 12.4. The predicted molar refractivity (Wildman–Crippen MR) is 78.1 cm³/mol. The molecule has 0 saturated heterocycles. The number of anilines is 1. The van der Waals surface area contributed by atoms with E-state index in [1.807, 2.05) is 18.2 Å². The summed E-state index contributed by atoms with van der Waals surface area (Å²) in [6, 6.07) is 9.15. The van der Waals surface area contributed by atoms with Crippen molar-refractivity contribution in [2.24, 2.45) is 0 Å². The van der Waals surface area contributed by atoms with Gasteiger partial charge in [-0.3, -0.25) is 9.59 Å². The van der Waals surface area contributed by atoms with Gasteiger partial charge in [-0.15, -0.1) is 0 Å². The molecule has 0 bridgehead atoms. The highest BCUT2D eigenvalue weighted by Crippen LogP contribution is 2.16. The van der Waals surface area contributed by atoms with Crippen LogP contribution in [0.4, 0.5) is 5.69 Å². The molecule has 20 heavy (non-hydrogen) atoms. The average Bonchev–Trinajstić information content (AvgIpc) is 2.49. The standard InChI is InChI=1S/C16H16N2O2/c19-15-12-8-4-5-9-14(12)17-10-13(15)16(20)18-11-6-2-1-3-7-11/h1-3,6-7,10H,4-5,8-9H2,(H,17,19)(H,18,20). The third-order valence-corrected chi connectivity index (χ3v) is 3.65. The molecule has 1 aromatic carbocycles. The zero-order valence-corrected chi connectivity index (χ0v) is 11.1. The number of benzene rings is 1. The highest BCUT2D eigenvalue weighted by Gasteiger charge is 2.18. The zero-order chi connectivity index (χ0) is 13.9. The van der Waals surface area contributed by atoms with E-state index >= 15 is 0 Å². The lowest BCUT2D eigenvalue weighted by molar-refractivity contribution is 0.102. The number of amides is 1. The lowest BCUT2D eigenvalue weighted by Gasteiger charge is -2.15. The first kappa shape index (κ1) is 12.7. The molecule has 1 aliphatic carbocycles. The van der Waals surface area contributed by atoms with Crippen LogP contribution < -0.4 is 10.7 Å². The highest BCUT2D eigenvalue weighted by molar-refractivity contribution is 6.04. The fourth-order valence-electron chi connectivity index (χ4n) is 2.59. The van der Waals surface area contributed by atoms with Crippen molar-refractivity contribution in [2.75, 3.05) is 5.32 Å². The van der Waals surface area contributed by atoms with Gasteiger partial charge in [0.1, 0.15) is 5.56 Å². The minimum atomic E-state index is -0.356. The van der Waals surface area contributed by atoms with E-state index in [0.717, 1.165) is 36.9 Å². The number of carbonyl (C=O) groups excluding carboxylic acids is 1. The number of hydrogen-bond donors (Lipinski definition) is 2. The Morgan fingerprint density at radius 1 is 1.10 bits per heavy atom. The molecule has 0 radical (unpaired) electrons. The van der Waals surface area contributed by atoms with Crippen molar-refractivity contribution in [1.29, 1.82) is 0 Å². The van der Waals surface area contributed by atoms with E-state index in [1.54, 1.807) is 12.1 Å². The quantitative estimate of drug-likeness (QED) is 0.879. The molecule has 3 rings (SSSR count). The van der Waals surface area contributed by atoms with Crippen molar-refractivity contribution in [3.63, 3.8) is 0 Å². The number of pyridine rings is 1. The molecule has 4 heteroatoms. The van der Waals surface area contributed by atoms with Crippen molar-refractivity contribution in [2.45, 2.75) is 25.7 Å². The van der Waals surface area contributed by atoms with Crippen LogP contribution in [0.2, 0.25) is 0 Å². The van der Waals surface area contributed by atoms with E-state index in [-0.39, 0.29) is 16.9 Å². The summed E-state index contributed by atoms with van der Waals surface area (Å²) >= 11 is 0. The monoisotopic (exact) mass is 268 g/mol. The van der Waals surface area contributed by atoms with Crippen LogP contribution in [0, 0.1) is 0 Å². The van der Waals surface area contributed by atoms with Gasteiger partial charge in [0, 0.05) is 23.1 Å². The summed E-state index contributed by atoms with van der Waals surface area (Å²) in [4.78, 5) is 27.7.